The summed E-state index contributed by atoms with van der Waals surface area (Å²) in [6.45, 7) is 0. The standard InChI is InChI=1S/C16H15FOS/c17-12-7-5-11(6-8-12)9-15(18)14-10-19-16-4-2-1-3-13(14)16/h1-8,14-15,18H,9-10H2. The molecule has 0 fully saturated rings. The second-order valence-electron chi connectivity index (χ2n) is 4.85. The maximum absolute atomic E-state index is 12.9. The van der Waals surface area contributed by atoms with Crippen LogP contribution in [0.3, 0.4) is 0 Å². The molecular formula is C16H15FOS. The molecule has 0 amide bonds. The van der Waals surface area contributed by atoms with Gasteiger partial charge in [-0.1, -0.05) is 30.3 Å². The third-order valence-corrected chi connectivity index (χ3v) is 4.77. The van der Waals surface area contributed by atoms with Crippen molar-refractivity contribution >= 4 is 11.8 Å². The molecule has 0 spiro atoms. The van der Waals surface area contributed by atoms with Crippen molar-refractivity contribution in [3.05, 3.63) is 65.5 Å². The van der Waals surface area contributed by atoms with E-state index >= 15 is 0 Å². The molecule has 1 nitrogen and oxygen atoms in total. The van der Waals surface area contributed by atoms with Gasteiger partial charge in [0.1, 0.15) is 5.82 Å². The number of aliphatic hydroxyl groups excluding tert-OH is 1. The van der Waals surface area contributed by atoms with Crippen molar-refractivity contribution < 1.29 is 9.50 Å². The summed E-state index contributed by atoms with van der Waals surface area (Å²) in [5, 5.41) is 10.4. The molecule has 0 bridgehead atoms. The number of fused-ring (bicyclic) bond motifs is 1. The Morgan fingerprint density at radius 3 is 2.68 bits per heavy atom. The van der Waals surface area contributed by atoms with Crippen LogP contribution < -0.4 is 0 Å². The Labute approximate surface area is 116 Å². The first-order valence-corrected chi connectivity index (χ1v) is 7.37. The zero-order valence-corrected chi connectivity index (χ0v) is 11.2. The SMILES string of the molecule is OC(Cc1ccc(F)cc1)C1CSc2ccccc21. The number of rotatable bonds is 3. The molecule has 2 aromatic rings. The Morgan fingerprint density at radius 2 is 1.89 bits per heavy atom. The van der Waals surface area contributed by atoms with E-state index in [0.29, 0.717) is 6.42 Å². The molecule has 0 aromatic heterocycles. The lowest BCUT2D eigenvalue weighted by atomic mass is 9.91. The maximum Gasteiger partial charge on any atom is 0.123 e. The maximum atomic E-state index is 12.9. The van der Waals surface area contributed by atoms with Crippen LogP contribution in [0, 0.1) is 5.82 Å². The molecule has 2 atom stereocenters. The van der Waals surface area contributed by atoms with E-state index in [1.165, 1.54) is 22.6 Å². The highest BCUT2D eigenvalue weighted by Gasteiger charge is 2.28. The van der Waals surface area contributed by atoms with Crippen molar-refractivity contribution in [2.75, 3.05) is 5.75 Å². The third kappa shape index (κ3) is 2.67. The lowest BCUT2D eigenvalue weighted by molar-refractivity contribution is 0.151. The van der Waals surface area contributed by atoms with E-state index < -0.39 is 6.10 Å². The van der Waals surface area contributed by atoms with E-state index in [2.05, 4.69) is 12.1 Å². The highest BCUT2D eigenvalue weighted by Crippen LogP contribution is 2.41. The second kappa shape index (κ2) is 5.35. The van der Waals surface area contributed by atoms with Gasteiger partial charge in [-0.2, -0.15) is 0 Å². The monoisotopic (exact) mass is 274 g/mol. The Balaban J connectivity index is 1.75. The molecule has 1 N–H and O–H groups in total. The minimum absolute atomic E-state index is 0.172. The van der Waals surface area contributed by atoms with E-state index in [-0.39, 0.29) is 11.7 Å². The summed E-state index contributed by atoms with van der Waals surface area (Å²) in [6, 6.07) is 14.6. The van der Waals surface area contributed by atoms with Crippen molar-refractivity contribution in [1.29, 1.82) is 0 Å². The van der Waals surface area contributed by atoms with Crippen molar-refractivity contribution in [3.8, 4) is 0 Å². The molecule has 0 aliphatic carbocycles. The predicted molar refractivity (Wildman–Crippen MR) is 76.0 cm³/mol. The Kier molecular flexibility index (Phi) is 3.58. The van der Waals surface area contributed by atoms with Crippen LogP contribution in [0.2, 0.25) is 0 Å². The molecular weight excluding hydrogens is 259 g/mol. The van der Waals surface area contributed by atoms with Gasteiger partial charge in [-0.15, -0.1) is 11.8 Å². The largest absolute Gasteiger partial charge is 0.392 e. The average Bonchev–Trinajstić information content (AvgIpc) is 2.85. The smallest absolute Gasteiger partial charge is 0.123 e. The number of aliphatic hydroxyl groups is 1. The van der Waals surface area contributed by atoms with Crippen molar-refractivity contribution in [1.82, 2.24) is 0 Å². The molecule has 1 aliphatic heterocycles. The molecule has 0 saturated heterocycles. The lowest BCUT2D eigenvalue weighted by Crippen LogP contribution is -2.21. The predicted octanol–water partition coefficient (Wildman–Crippen LogP) is 3.62. The van der Waals surface area contributed by atoms with Crippen LogP contribution in [-0.2, 0) is 6.42 Å². The van der Waals surface area contributed by atoms with Gasteiger partial charge in [-0.25, -0.2) is 4.39 Å². The number of thioether (sulfide) groups is 1. The minimum atomic E-state index is -0.415. The lowest BCUT2D eigenvalue weighted by Gasteiger charge is -2.18. The normalized spacial score (nSPS) is 19.2. The highest BCUT2D eigenvalue weighted by atomic mass is 32.2. The zero-order chi connectivity index (χ0) is 13.2. The van der Waals surface area contributed by atoms with Gasteiger partial charge in [0.15, 0.2) is 0 Å². The van der Waals surface area contributed by atoms with Gasteiger partial charge < -0.3 is 5.11 Å². The van der Waals surface area contributed by atoms with E-state index in [0.717, 1.165) is 11.3 Å². The van der Waals surface area contributed by atoms with Crippen LogP contribution in [0.1, 0.15) is 17.0 Å². The summed E-state index contributed by atoms with van der Waals surface area (Å²) in [7, 11) is 0. The van der Waals surface area contributed by atoms with E-state index in [9.17, 15) is 9.50 Å². The summed E-state index contributed by atoms with van der Waals surface area (Å²) >= 11 is 1.80. The number of hydrogen-bond acceptors (Lipinski definition) is 2. The summed E-state index contributed by atoms with van der Waals surface area (Å²) in [6.07, 6.45) is 0.154. The molecule has 2 unspecified atom stereocenters. The van der Waals surface area contributed by atoms with E-state index in [4.69, 9.17) is 0 Å². The van der Waals surface area contributed by atoms with Gasteiger partial charge in [-0.3, -0.25) is 0 Å². The van der Waals surface area contributed by atoms with Gasteiger partial charge in [0.2, 0.25) is 0 Å². The molecule has 1 heterocycles. The number of benzene rings is 2. The third-order valence-electron chi connectivity index (χ3n) is 3.56. The Hall–Kier alpha value is -1.32. The second-order valence-corrected chi connectivity index (χ2v) is 5.92. The Bertz CT molecular complexity index is 567. The molecule has 3 rings (SSSR count). The van der Waals surface area contributed by atoms with Gasteiger partial charge in [-0.05, 0) is 35.7 Å². The fourth-order valence-corrected chi connectivity index (χ4v) is 3.83. The number of halogens is 1. The first-order chi connectivity index (χ1) is 9.24. The topological polar surface area (TPSA) is 20.2 Å². The molecule has 19 heavy (non-hydrogen) atoms. The van der Waals surface area contributed by atoms with Crippen LogP contribution in [-0.4, -0.2) is 17.0 Å². The summed E-state index contributed by atoms with van der Waals surface area (Å²) in [5.74, 6) is 0.855. The Morgan fingerprint density at radius 1 is 1.16 bits per heavy atom. The quantitative estimate of drug-likeness (QED) is 0.922. The molecule has 98 valence electrons. The summed E-state index contributed by atoms with van der Waals surface area (Å²) in [4.78, 5) is 1.27. The fraction of sp³-hybridized carbons (Fsp3) is 0.250. The van der Waals surface area contributed by atoms with Gasteiger partial charge >= 0.3 is 0 Å². The number of hydrogen-bond donors (Lipinski definition) is 1. The van der Waals surface area contributed by atoms with Crippen molar-refractivity contribution in [3.63, 3.8) is 0 Å². The highest BCUT2D eigenvalue weighted by molar-refractivity contribution is 7.99. The fourth-order valence-electron chi connectivity index (χ4n) is 2.51. The average molecular weight is 274 g/mol. The molecule has 0 radical (unpaired) electrons. The van der Waals surface area contributed by atoms with Crippen LogP contribution in [0.15, 0.2) is 53.4 Å². The van der Waals surface area contributed by atoms with Crippen molar-refractivity contribution in [2.45, 2.75) is 23.3 Å². The van der Waals surface area contributed by atoms with Gasteiger partial charge in [0.05, 0.1) is 6.10 Å². The van der Waals surface area contributed by atoms with Crippen LogP contribution in [0.5, 0.6) is 0 Å². The molecule has 2 aromatic carbocycles. The summed E-state index contributed by atoms with van der Waals surface area (Å²) < 4.78 is 12.9. The molecule has 1 aliphatic rings. The zero-order valence-electron chi connectivity index (χ0n) is 10.4. The molecule has 3 heteroatoms. The van der Waals surface area contributed by atoms with Gasteiger partial charge in [0, 0.05) is 16.6 Å². The van der Waals surface area contributed by atoms with E-state index in [1.54, 1.807) is 23.9 Å². The van der Waals surface area contributed by atoms with Gasteiger partial charge in [0.25, 0.3) is 0 Å². The minimum Gasteiger partial charge on any atom is -0.392 e. The van der Waals surface area contributed by atoms with Crippen molar-refractivity contribution in [2.24, 2.45) is 0 Å². The summed E-state index contributed by atoms with van der Waals surface area (Å²) in [5.41, 5.74) is 2.21. The first-order valence-electron chi connectivity index (χ1n) is 6.38. The van der Waals surface area contributed by atoms with Crippen LogP contribution >= 0.6 is 11.8 Å². The molecule has 0 saturated carbocycles. The van der Waals surface area contributed by atoms with Crippen LogP contribution in [0.25, 0.3) is 0 Å². The first kappa shape index (κ1) is 12.7. The van der Waals surface area contributed by atoms with Crippen LogP contribution in [0.4, 0.5) is 4.39 Å². The van der Waals surface area contributed by atoms with E-state index in [1.807, 2.05) is 12.1 Å².